The number of ketones is 1. The largest absolute Gasteiger partial charge is 0.486 e. The number of hydrogen-bond acceptors (Lipinski definition) is 8. The molecule has 184 valence electrons. The summed E-state index contributed by atoms with van der Waals surface area (Å²) in [7, 11) is 0. The highest BCUT2D eigenvalue weighted by molar-refractivity contribution is 6.11. The second-order valence-electron chi connectivity index (χ2n) is 9.06. The van der Waals surface area contributed by atoms with Crippen molar-refractivity contribution >= 4 is 29.1 Å². The SMILES string of the molecule is CCOC(=O)CC1CN(Cc2ccccc2)c2c(cc3c4c2C(=O)CCN4C(C(=O)OCC)C3)O1. The Labute approximate surface area is 204 Å². The number of Topliss-reactive ketones (excluding diaryl/α,β-unsaturated/α-hetero) is 1. The Morgan fingerprint density at radius 1 is 1.09 bits per heavy atom. The smallest absolute Gasteiger partial charge is 0.329 e. The maximum atomic E-state index is 13.3. The first-order valence-corrected chi connectivity index (χ1v) is 12.3. The zero-order valence-electron chi connectivity index (χ0n) is 20.1. The molecule has 0 N–H and O–H groups in total. The van der Waals surface area contributed by atoms with E-state index in [-0.39, 0.29) is 24.1 Å². The molecule has 0 bridgehead atoms. The number of hydrogen-bond donors (Lipinski definition) is 0. The Bertz CT molecular complexity index is 1150. The molecule has 0 spiro atoms. The van der Waals surface area contributed by atoms with Gasteiger partial charge in [0.2, 0.25) is 0 Å². The predicted octanol–water partition coefficient (Wildman–Crippen LogP) is 3.29. The number of esters is 2. The van der Waals surface area contributed by atoms with Gasteiger partial charge < -0.3 is 24.0 Å². The van der Waals surface area contributed by atoms with E-state index in [9.17, 15) is 14.4 Å². The normalized spacial score (nSPS) is 20.1. The highest BCUT2D eigenvalue weighted by Crippen LogP contribution is 2.50. The molecule has 5 rings (SSSR count). The van der Waals surface area contributed by atoms with E-state index in [0.717, 1.165) is 22.5 Å². The number of fused-ring (bicyclic) bond motifs is 2. The summed E-state index contributed by atoms with van der Waals surface area (Å²) in [6.07, 6.45) is 0.500. The first-order valence-electron chi connectivity index (χ1n) is 12.3. The lowest BCUT2D eigenvalue weighted by molar-refractivity contribution is -0.145. The van der Waals surface area contributed by atoms with Crippen molar-refractivity contribution in [2.24, 2.45) is 0 Å². The number of ether oxygens (including phenoxy) is 3. The van der Waals surface area contributed by atoms with Gasteiger partial charge in [-0.15, -0.1) is 0 Å². The van der Waals surface area contributed by atoms with Crippen LogP contribution in [0.15, 0.2) is 36.4 Å². The van der Waals surface area contributed by atoms with Gasteiger partial charge in [-0.25, -0.2) is 4.79 Å². The second kappa shape index (κ2) is 9.60. The van der Waals surface area contributed by atoms with Crippen LogP contribution in [0.2, 0.25) is 0 Å². The number of nitrogens with zero attached hydrogens (tertiary/aromatic N) is 2. The van der Waals surface area contributed by atoms with Crippen molar-refractivity contribution < 1.29 is 28.6 Å². The van der Waals surface area contributed by atoms with Gasteiger partial charge in [0.1, 0.15) is 17.9 Å². The van der Waals surface area contributed by atoms with E-state index in [1.165, 1.54) is 0 Å². The first kappa shape index (κ1) is 23.2. The number of benzene rings is 2. The third-order valence-corrected chi connectivity index (χ3v) is 6.76. The lowest BCUT2D eigenvalue weighted by Gasteiger charge is -2.40. The van der Waals surface area contributed by atoms with E-state index in [1.54, 1.807) is 13.8 Å². The van der Waals surface area contributed by atoms with E-state index in [0.29, 0.717) is 57.0 Å². The van der Waals surface area contributed by atoms with Crippen molar-refractivity contribution in [2.75, 3.05) is 36.1 Å². The van der Waals surface area contributed by atoms with Gasteiger partial charge in [0.25, 0.3) is 0 Å². The summed E-state index contributed by atoms with van der Waals surface area (Å²) in [6.45, 7) is 5.70. The van der Waals surface area contributed by atoms with Crippen LogP contribution in [0.25, 0.3) is 0 Å². The molecule has 0 saturated carbocycles. The number of anilines is 2. The monoisotopic (exact) mass is 478 g/mol. The van der Waals surface area contributed by atoms with Crippen molar-refractivity contribution in [1.82, 2.24) is 0 Å². The van der Waals surface area contributed by atoms with E-state index in [2.05, 4.69) is 4.90 Å². The fraction of sp³-hybridized carbons (Fsp3) is 0.444. The van der Waals surface area contributed by atoms with E-state index >= 15 is 0 Å². The van der Waals surface area contributed by atoms with Crippen molar-refractivity contribution in [3.63, 3.8) is 0 Å². The lowest BCUT2D eigenvalue weighted by atomic mass is 9.94. The van der Waals surface area contributed by atoms with Crippen LogP contribution in [0.3, 0.4) is 0 Å². The maximum Gasteiger partial charge on any atom is 0.329 e. The van der Waals surface area contributed by atoms with Crippen molar-refractivity contribution in [1.29, 1.82) is 0 Å². The Kier molecular flexibility index (Phi) is 6.36. The Morgan fingerprint density at radius 3 is 2.60 bits per heavy atom. The Morgan fingerprint density at radius 2 is 1.86 bits per heavy atom. The van der Waals surface area contributed by atoms with Gasteiger partial charge in [0.15, 0.2) is 5.78 Å². The highest BCUT2D eigenvalue weighted by Gasteiger charge is 2.44. The molecule has 0 amide bonds. The zero-order valence-corrected chi connectivity index (χ0v) is 20.1. The van der Waals surface area contributed by atoms with Gasteiger partial charge in [-0.2, -0.15) is 0 Å². The molecule has 0 fully saturated rings. The molecular formula is C27H30N2O6. The average molecular weight is 479 g/mol. The van der Waals surface area contributed by atoms with Crippen molar-refractivity contribution in [3.05, 3.63) is 53.1 Å². The molecule has 8 nitrogen and oxygen atoms in total. The molecule has 2 unspecified atom stereocenters. The Balaban J connectivity index is 1.57. The zero-order chi connectivity index (χ0) is 24.5. The van der Waals surface area contributed by atoms with E-state index in [4.69, 9.17) is 14.2 Å². The Hall–Kier alpha value is -3.55. The van der Waals surface area contributed by atoms with Crippen LogP contribution in [-0.2, 0) is 32.0 Å². The maximum absolute atomic E-state index is 13.3. The summed E-state index contributed by atoms with van der Waals surface area (Å²) in [4.78, 5) is 42.5. The van der Waals surface area contributed by atoms with Crippen molar-refractivity contribution in [2.45, 2.75) is 51.8 Å². The molecule has 2 atom stereocenters. The summed E-state index contributed by atoms with van der Waals surface area (Å²) in [5, 5.41) is 0. The molecule has 8 heteroatoms. The molecule has 3 heterocycles. The molecule has 0 saturated heterocycles. The first-order chi connectivity index (χ1) is 17.0. The number of rotatable bonds is 7. The van der Waals surface area contributed by atoms with Crippen LogP contribution in [0.1, 0.15) is 48.2 Å². The van der Waals surface area contributed by atoms with Gasteiger partial charge in [-0.1, -0.05) is 30.3 Å². The summed E-state index contributed by atoms with van der Waals surface area (Å²) in [5.74, 6) is 0.0382. The van der Waals surface area contributed by atoms with Gasteiger partial charge in [0, 0.05) is 25.9 Å². The minimum atomic E-state index is -0.446. The van der Waals surface area contributed by atoms with Crippen LogP contribution in [0.4, 0.5) is 11.4 Å². The third-order valence-electron chi connectivity index (χ3n) is 6.76. The molecule has 0 radical (unpaired) electrons. The van der Waals surface area contributed by atoms with Crippen LogP contribution >= 0.6 is 0 Å². The fourth-order valence-electron chi connectivity index (χ4n) is 5.39. The van der Waals surface area contributed by atoms with Crippen molar-refractivity contribution in [3.8, 4) is 5.75 Å². The topological polar surface area (TPSA) is 85.4 Å². The summed E-state index contributed by atoms with van der Waals surface area (Å²) < 4.78 is 16.8. The van der Waals surface area contributed by atoms with Crippen LogP contribution in [-0.4, -0.2) is 56.2 Å². The lowest BCUT2D eigenvalue weighted by Crippen LogP contribution is -2.45. The van der Waals surface area contributed by atoms with Crippen LogP contribution in [0, 0.1) is 0 Å². The molecule has 3 aliphatic rings. The van der Waals surface area contributed by atoms with Crippen LogP contribution < -0.4 is 14.5 Å². The average Bonchev–Trinajstić information content (AvgIpc) is 3.20. The summed E-state index contributed by atoms with van der Waals surface area (Å²) >= 11 is 0. The quantitative estimate of drug-likeness (QED) is 0.561. The standard InChI is InChI=1S/C27H30N2O6/c1-3-33-23(31)14-19-16-28(15-17-8-6-5-7-9-17)26-22(35-19)13-18-12-20(27(32)34-4-2)29-11-10-21(30)24(26)25(18)29/h5-9,13,19-20H,3-4,10-12,14-16H2,1-2H3. The van der Waals surface area contributed by atoms with Crippen LogP contribution in [0.5, 0.6) is 5.75 Å². The fourth-order valence-corrected chi connectivity index (χ4v) is 5.39. The highest BCUT2D eigenvalue weighted by atomic mass is 16.5. The molecule has 2 aromatic carbocycles. The van der Waals surface area contributed by atoms with Gasteiger partial charge in [-0.05, 0) is 31.0 Å². The van der Waals surface area contributed by atoms with Gasteiger partial charge in [0.05, 0.1) is 43.1 Å². The minimum Gasteiger partial charge on any atom is -0.486 e. The summed E-state index contributed by atoms with van der Waals surface area (Å²) in [5.41, 5.74) is 4.17. The molecule has 35 heavy (non-hydrogen) atoms. The molecule has 0 aliphatic carbocycles. The number of carbonyl (C=O) groups is 3. The van der Waals surface area contributed by atoms with E-state index < -0.39 is 12.1 Å². The van der Waals surface area contributed by atoms with Gasteiger partial charge in [-0.3, -0.25) is 9.59 Å². The summed E-state index contributed by atoms with van der Waals surface area (Å²) in [6, 6.07) is 11.5. The minimum absolute atomic E-state index is 0.0457. The van der Waals surface area contributed by atoms with Gasteiger partial charge >= 0.3 is 11.9 Å². The molecule has 3 aliphatic heterocycles. The number of carbonyl (C=O) groups excluding carboxylic acids is 3. The predicted molar refractivity (Wildman–Crippen MR) is 130 cm³/mol. The second-order valence-corrected chi connectivity index (χ2v) is 9.06. The third kappa shape index (κ3) is 4.33. The van der Waals surface area contributed by atoms with E-state index in [1.807, 2.05) is 41.3 Å². The molecule has 2 aromatic rings. The molecular weight excluding hydrogens is 448 g/mol. The molecule has 0 aromatic heterocycles.